The summed E-state index contributed by atoms with van der Waals surface area (Å²) in [6, 6.07) is 7.13. The Morgan fingerprint density at radius 3 is 2.69 bits per heavy atom. The zero-order valence-corrected chi connectivity index (χ0v) is 7.58. The average molecular weight is 192 g/mol. The summed E-state index contributed by atoms with van der Waals surface area (Å²) in [7, 11) is 0. The van der Waals surface area contributed by atoms with Crippen LogP contribution in [0.1, 0.15) is 0 Å². The lowest BCUT2D eigenvalue weighted by atomic mass is 10.2. The summed E-state index contributed by atoms with van der Waals surface area (Å²) >= 11 is 1.36. The predicted molar refractivity (Wildman–Crippen MR) is 53.6 cm³/mol. The molecule has 0 atom stereocenters. The van der Waals surface area contributed by atoms with E-state index in [1.54, 1.807) is 18.3 Å². The second-order valence-corrected chi connectivity index (χ2v) is 3.64. The number of para-hydroxylation sites is 1. The number of nitrogens with two attached hydrogens (primary N) is 1. The van der Waals surface area contributed by atoms with Crippen LogP contribution in [-0.4, -0.2) is 10.1 Å². The molecular formula is C9H8N2OS. The fourth-order valence-corrected chi connectivity index (χ4v) is 1.81. The van der Waals surface area contributed by atoms with E-state index in [4.69, 9.17) is 5.73 Å². The first-order valence-electron chi connectivity index (χ1n) is 3.77. The van der Waals surface area contributed by atoms with Crippen molar-refractivity contribution in [2.45, 2.75) is 0 Å². The summed E-state index contributed by atoms with van der Waals surface area (Å²) in [4.78, 5) is 4.80. The van der Waals surface area contributed by atoms with Gasteiger partial charge in [-0.2, -0.15) is 0 Å². The van der Waals surface area contributed by atoms with Crippen molar-refractivity contribution in [1.82, 2.24) is 4.98 Å². The van der Waals surface area contributed by atoms with E-state index < -0.39 is 0 Å². The van der Waals surface area contributed by atoms with Gasteiger partial charge in [-0.1, -0.05) is 23.5 Å². The van der Waals surface area contributed by atoms with Crippen molar-refractivity contribution in [3.8, 4) is 16.2 Å². The Morgan fingerprint density at radius 1 is 1.31 bits per heavy atom. The topological polar surface area (TPSA) is 59.1 Å². The SMILES string of the molecule is Nc1ncc(-c2ccccc2O)s1. The van der Waals surface area contributed by atoms with Crippen LogP contribution in [0.5, 0.6) is 5.75 Å². The van der Waals surface area contributed by atoms with Gasteiger partial charge < -0.3 is 10.8 Å². The van der Waals surface area contributed by atoms with Crippen LogP contribution in [0.4, 0.5) is 5.13 Å². The molecular weight excluding hydrogens is 184 g/mol. The summed E-state index contributed by atoms with van der Waals surface area (Å²) in [6.45, 7) is 0. The molecule has 0 aliphatic carbocycles. The summed E-state index contributed by atoms with van der Waals surface area (Å²) < 4.78 is 0. The molecule has 3 N–H and O–H groups in total. The number of hydrogen-bond donors (Lipinski definition) is 2. The van der Waals surface area contributed by atoms with Gasteiger partial charge in [0, 0.05) is 11.8 Å². The molecule has 0 saturated heterocycles. The number of nitrogens with zero attached hydrogens (tertiary/aromatic N) is 1. The number of phenols is 1. The number of benzene rings is 1. The minimum Gasteiger partial charge on any atom is -0.507 e. The Morgan fingerprint density at radius 2 is 2.08 bits per heavy atom. The van der Waals surface area contributed by atoms with Crippen LogP contribution in [0.2, 0.25) is 0 Å². The van der Waals surface area contributed by atoms with Gasteiger partial charge in [0.1, 0.15) is 5.75 Å². The average Bonchev–Trinajstić information content (AvgIpc) is 2.53. The Labute approximate surface area is 79.5 Å². The Bertz CT molecular complexity index is 425. The van der Waals surface area contributed by atoms with E-state index in [0.29, 0.717) is 5.13 Å². The van der Waals surface area contributed by atoms with Gasteiger partial charge in [-0.25, -0.2) is 4.98 Å². The maximum absolute atomic E-state index is 9.51. The van der Waals surface area contributed by atoms with Gasteiger partial charge in [0.15, 0.2) is 5.13 Å². The monoisotopic (exact) mass is 192 g/mol. The fourth-order valence-electron chi connectivity index (χ4n) is 1.09. The van der Waals surface area contributed by atoms with Gasteiger partial charge in [0.05, 0.1) is 4.88 Å². The molecule has 13 heavy (non-hydrogen) atoms. The van der Waals surface area contributed by atoms with Crippen LogP contribution >= 0.6 is 11.3 Å². The molecule has 0 fully saturated rings. The van der Waals surface area contributed by atoms with E-state index in [9.17, 15) is 5.11 Å². The lowest BCUT2D eigenvalue weighted by Crippen LogP contribution is -1.77. The van der Waals surface area contributed by atoms with Crippen LogP contribution in [0.15, 0.2) is 30.5 Å². The molecule has 66 valence electrons. The molecule has 0 unspecified atom stereocenters. The van der Waals surface area contributed by atoms with Crippen molar-refractivity contribution < 1.29 is 5.11 Å². The Kier molecular flexibility index (Phi) is 1.90. The molecule has 1 aromatic heterocycles. The molecule has 0 aliphatic heterocycles. The van der Waals surface area contributed by atoms with E-state index in [1.807, 2.05) is 12.1 Å². The molecule has 2 rings (SSSR count). The number of hydrogen-bond acceptors (Lipinski definition) is 4. The normalized spacial score (nSPS) is 10.2. The quantitative estimate of drug-likeness (QED) is 0.727. The number of aromatic hydroxyl groups is 1. The summed E-state index contributed by atoms with van der Waals surface area (Å²) in [5.74, 6) is 0.256. The molecule has 0 bridgehead atoms. The van der Waals surface area contributed by atoms with Crippen LogP contribution in [-0.2, 0) is 0 Å². The third-order valence-electron chi connectivity index (χ3n) is 1.69. The smallest absolute Gasteiger partial charge is 0.180 e. The van der Waals surface area contributed by atoms with E-state index in [2.05, 4.69) is 4.98 Å². The van der Waals surface area contributed by atoms with Crippen molar-refractivity contribution >= 4 is 16.5 Å². The van der Waals surface area contributed by atoms with Crippen molar-refractivity contribution in [2.24, 2.45) is 0 Å². The van der Waals surface area contributed by atoms with Gasteiger partial charge in [-0.15, -0.1) is 0 Å². The molecule has 0 radical (unpaired) electrons. The number of thiazole rings is 1. The maximum Gasteiger partial charge on any atom is 0.180 e. The van der Waals surface area contributed by atoms with Crippen LogP contribution in [0.25, 0.3) is 10.4 Å². The van der Waals surface area contributed by atoms with Crippen LogP contribution in [0, 0.1) is 0 Å². The van der Waals surface area contributed by atoms with Crippen molar-refractivity contribution in [3.05, 3.63) is 30.5 Å². The van der Waals surface area contributed by atoms with Gasteiger partial charge in [-0.05, 0) is 12.1 Å². The molecule has 4 heteroatoms. The van der Waals surface area contributed by atoms with E-state index in [0.717, 1.165) is 10.4 Å². The fraction of sp³-hybridized carbons (Fsp3) is 0. The number of aromatic nitrogens is 1. The van der Waals surface area contributed by atoms with E-state index in [1.165, 1.54) is 11.3 Å². The molecule has 0 saturated carbocycles. The van der Waals surface area contributed by atoms with Gasteiger partial charge in [0.25, 0.3) is 0 Å². The minimum atomic E-state index is 0.256. The zero-order chi connectivity index (χ0) is 9.26. The predicted octanol–water partition coefficient (Wildman–Crippen LogP) is 2.10. The maximum atomic E-state index is 9.51. The Balaban J connectivity index is 2.52. The van der Waals surface area contributed by atoms with Crippen molar-refractivity contribution in [1.29, 1.82) is 0 Å². The lowest BCUT2D eigenvalue weighted by molar-refractivity contribution is 0.477. The standard InChI is InChI=1S/C9H8N2OS/c10-9-11-5-8(13-9)6-3-1-2-4-7(6)12/h1-5,12H,(H2,10,11). The third-order valence-corrected chi connectivity index (χ3v) is 2.55. The third kappa shape index (κ3) is 1.48. The van der Waals surface area contributed by atoms with Crippen molar-refractivity contribution in [3.63, 3.8) is 0 Å². The number of anilines is 1. The second-order valence-electron chi connectivity index (χ2n) is 2.58. The summed E-state index contributed by atoms with van der Waals surface area (Å²) in [5.41, 5.74) is 6.27. The van der Waals surface area contributed by atoms with Crippen LogP contribution < -0.4 is 5.73 Å². The first kappa shape index (κ1) is 8.07. The molecule has 2 aromatic rings. The molecule has 1 aromatic carbocycles. The lowest BCUT2D eigenvalue weighted by Gasteiger charge is -1.98. The summed E-state index contributed by atoms with van der Waals surface area (Å²) in [5, 5.41) is 10.0. The molecule has 1 heterocycles. The molecule has 0 amide bonds. The highest BCUT2D eigenvalue weighted by Gasteiger charge is 2.05. The molecule has 0 spiro atoms. The highest BCUT2D eigenvalue weighted by atomic mass is 32.1. The van der Waals surface area contributed by atoms with Crippen molar-refractivity contribution in [2.75, 3.05) is 5.73 Å². The minimum absolute atomic E-state index is 0.256. The summed E-state index contributed by atoms with van der Waals surface area (Å²) in [6.07, 6.45) is 1.66. The van der Waals surface area contributed by atoms with E-state index in [-0.39, 0.29) is 5.75 Å². The number of rotatable bonds is 1. The first-order valence-corrected chi connectivity index (χ1v) is 4.58. The van der Waals surface area contributed by atoms with Gasteiger partial charge >= 0.3 is 0 Å². The van der Waals surface area contributed by atoms with Gasteiger partial charge in [-0.3, -0.25) is 0 Å². The zero-order valence-electron chi connectivity index (χ0n) is 6.77. The molecule has 0 aliphatic rings. The highest BCUT2D eigenvalue weighted by molar-refractivity contribution is 7.18. The largest absolute Gasteiger partial charge is 0.507 e. The van der Waals surface area contributed by atoms with E-state index >= 15 is 0 Å². The van der Waals surface area contributed by atoms with Gasteiger partial charge in [0.2, 0.25) is 0 Å². The van der Waals surface area contributed by atoms with Crippen LogP contribution in [0.3, 0.4) is 0 Å². The highest BCUT2D eigenvalue weighted by Crippen LogP contribution is 2.33. The Hall–Kier alpha value is -1.55. The first-order chi connectivity index (χ1) is 6.27. The number of phenolic OH excluding ortho intramolecular Hbond substituents is 1. The second kappa shape index (κ2) is 3.06. The molecule has 3 nitrogen and oxygen atoms in total. The number of nitrogen functional groups attached to an aromatic ring is 1.